The largest absolute Gasteiger partial charge is 0.371 e. The van der Waals surface area contributed by atoms with Crippen molar-refractivity contribution in [1.82, 2.24) is 14.9 Å². The van der Waals surface area contributed by atoms with Crippen molar-refractivity contribution in [3.8, 4) is 0 Å². The van der Waals surface area contributed by atoms with Crippen molar-refractivity contribution in [3.05, 3.63) is 43.0 Å². The van der Waals surface area contributed by atoms with Crippen LogP contribution in [0, 0.1) is 5.92 Å². The number of nitrogens with zero attached hydrogens (tertiary/aromatic N) is 3. The third kappa shape index (κ3) is 4.43. The number of hydrogen-bond acceptors (Lipinski definition) is 4. The summed E-state index contributed by atoms with van der Waals surface area (Å²) >= 11 is 0. The fourth-order valence-electron chi connectivity index (χ4n) is 3.53. The van der Waals surface area contributed by atoms with E-state index in [0.29, 0.717) is 6.04 Å². The van der Waals surface area contributed by atoms with E-state index >= 15 is 0 Å². The Hall–Kier alpha value is -2.34. The van der Waals surface area contributed by atoms with Crippen LogP contribution in [0.5, 0.6) is 0 Å². The summed E-state index contributed by atoms with van der Waals surface area (Å²) < 4.78 is 2.10. The van der Waals surface area contributed by atoms with Crippen molar-refractivity contribution >= 4 is 17.3 Å². The highest BCUT2D eigenvalue weighted by molar-refractivity contribution is 5.94. The smallest absolute Gasteiger partial charge is 0.227 e. The van der Waals surface area contributed by atoms with Crippen molar-refractivity contribution in [1.29, 1.82) is 0 Å². The van der Waals surface area contributed by atoms with Gasteiger partial charge >= 0.3 is 0 Å². The zero-order chi connectivity index (χ0) is 17.8. The molecule has 1 aromatic carbocycles. The number of imidazole rings is 1. The maximum Gasteiger partial charge on any atom is 0.227 e. The molecule has 1 saturated carbocycles. The molecule has 0 spiro atoms. The summed E-state index contributed by atoms with van der Waals surface area (Å²) in [5.41, 5.74) is 2.12. The number of aromatic nitrogens is 2. The minimum atomic E-state index is 0.169. The predicted octanol–water partition coefficient (Wildman–Crippen LogP) is 2.49. The molecule has 0 bridgehead atoms. The van der Waals surface area contributed by atoms with Crippen molar-refractivity contribution in [2.45, 2.75) is 38.3 Å². The maximum atomic E-state index is 12.0. The first-order chi connectivity index (χ1) is 12.8. The van der Waals surface area contributed by atoms with E-state index in [1.165, 1.54) is 5.69 Å². The SMILES string of the molecule is O=C(Nc1cccc(N2CCC(NCCn3ccnc3)CC2)c1)C1CC1. The Balaban J connectivity index is 1.24. The van der Waals surface area contributed by atoms with Gasteiger partial charge in [0.05, 0.1) is 6.33 Å². The molecule has 1 amide bonds. The lowest BCUT2D eigenvalue weighted by atomic mass is 10.0. The van der Waals surface area contributed by atoms with Crippen LogP contribution in [0.1, 0.15) is 25.7 Å². The second-order valence-corrected chi connectivity index (χ2v) is 7.33. The highest BCUT2D eigenvalue weighted by Crippen LogP contribution is 2.31. The van der Waals surface area contributed by atoms with Crippen LogP contribution in [0.2, 0.25) is 0 Å². The Morgan fingerprint density at radius 3 is 2.77 bits per heavy atom. The van der Waals surface area contributed by atoms with Crippen LogP contribution in [0.4, 0.5) is 11.4 Å². The molecule has 2 heterocycles. The van der Waals surface area contributed by atoms with Crippen molar-refractivity contribution in [3.63, 3.8) is 0 Å². The van der Waals surface area contributed by atoms with Gasteiger partial charge in [0.2, 0.25) is 5.91 Å². The zero-order valence-corrected chi connectivity index (χ0v) is 15.1. The highest BCUT2D eigenvalue weighted by Gasteiger charge is 2.29. The number of rotatable bonds is 7. The average Bonchev–Trinajstić information content (AvgIpc) is 3.40. The Bertz CT molecular complexity index is 718. The Kier molecular flexibility index (Phi) is 5.20. The van der Waals surface area contributed by atoms with E-state index in [1.807, 2.05) is 30.9 Å². The van der Waals surface area contributed by atoms with Gasteiger partial charge in [-0.1, -0.05) is 6.07 Å². The summed E-state index contributed by atoms with van der Waals surface area (Å²) in [6.07, 6.45) is 10.0. The van der Waals surface area contributed by atoms with Crippen LogP contribution in [0.15, 0.2) is 43.0 Å². The normalized spacial score (nSPS) is 18.1. The number of amides is 1. The van der Waals surface area contributed by atoms with Crippen LogP contribution < -0.4 is 15.5 Å². The maximum absolute atomic E-state index is 12.0. The monoisotopic (exact) mass is 353 g/mol. The molecule has 2 N–H and O–H groups in total. The summed E-state index contributed by atoms with van der Waals surface area (Å²) in [6, 6.07) is 8.83. The number of anilines is 2. The van der Waals surface area contributed by atoms with E-state index in [0.717, 1.165) is 57.5 Å². The molecule has 6 nitrogen and oxygen atoms in total. The van der Waals surface area contributed by atoms with Crippen molar-refractivity contribution in [2.24, 2.45) is 5.92 Å². The van der Waals surface area contributed by atoms with Gasteiger partial charge in [0, 0.05) is 61.9 Å². The Morgan fingerprint density at radius 2 is 2.04 bits per heavy atom. The lowest BCUT2D eigenvalue weighted by Gasteiger charge is -2.34. The fourth-order valence-corrected chi connectivity index (χ4v) is 3.53. The van der Waals surface area contributed by atoms with Crippen LogP contribution in [-0.2, 0) is 11.3 Å². The average molecular weight is 353 g/mol. The van der Waals surface area contributed by atoms with Crippen LogP contribution >= 0.6 is 0 Å². The third-order valence-electron chi connectivity index (χ3n) is 5.28. The summed E-state index contributed by atoms with van der Waals surface area (Å²) in [4.78, 5) is 18.4. The van der Waals surface area contributed by atoms with Crippen LogP contribution in [0.3, 0.4) is 0 Å². The Labute approximate surface area is 154 Å². The number of benzene rings is 1. The first-order valence-corrected chi connectivity index (χ1v) is 9.63. The van der Waals surface area contributed by atoms with E-state index in [2.05, 4.69) is 37.2 Å². The minimum Gasteiger partial charge on any atom is -0.371 e. The fraction of sp³-hybridized carbons (Fsp3) is 0.500. The summed E-state index contributed by atoms with van der Waals surface area (Å²) in [5, 5.41) is 6.70. The highest BCUT2D eigenvalue weighted by atomic mass is 16.2. The van der Waals surface area contributed by atoms with Gasteiger partial charge in [0.15, 0.2) is 0 Å². The van der Waals surface area contributed by atoms with E-state index < -0.39 is 0 Å². The number of carbonyl (C=O) groups excluding carboxylic acids is 1. The molecule has 1 saturated heterocycles. The van der Waals surface area contributed by atoms with E-state index in [9.17, 15) is 4.79 Å². The van der Waals surface area contributed by atoms with Gasteiger partial charge in [-0.2, -0.15) is 0 Å². The second kappa shape index (κ2) is 7.91. The van der Waals surface area contributed by atoms with Crippen molar-refractivity contribution < 1.29 is 4.79 Å². The van der Waals surface area contributed by atoms with Gasteiger partial charge < -0.3 is 20.1 Å². The van der Waals surface area contributed by atoms with E-state index in [4.69, 9.17) is 0 Å². The van der Waals surface area contributed by atoms with Crippen molar-refractivity contribution in [2.75, 3.05) is 29.9 Å². The standard InChI is InChI=1S/C20H27N5O/c26-20(16-4-5-16)23-18-2-1-3-19(14-18)25-10-6-17(7-11-25)22-9-13-24-12-8-21-15-24/h1-3,8,12,14-17,22H,4-7,9-11,13H2,(H,23,26). The molecule has 138 valence electrons. The van der Waals surface area contributed by atoms with Gasteiger partial charge in [-0.3, -0.25) is 4.79 Å². The summed E-state index contributed by atoms with van der Waals surface area (Å²) in [6.45, 7) is 4.03. The second-order valence-electron chi connectivity index (χ2n) is 7.33. The molecule has 4 rings (SSSR count). The molecule has 1 aliphatic heterocycles. The molecule has 2 aliphatic rings. The van der Waals surface area contributed by atoms with Gasteiger partial charge in [-0.05, 0) is 43.9 Å². The molecule has 6 heteroatoms. The topological polar surface area (TPSA) is 62.2 Å². The molecule has 0 radical (unpaired) electrons. The third-order valence-corrected chi connectivity index (χ3v) is 5.28. The van der Waals surface area contributed by atoms with E-state index in [1.54, 1.807) is 0 Å². The zero-order valence-electron chi connectivity index (χ0n) is 15.1. The summed E-state index contributed by atoms with van der Waals surface area (Å²) in [7, 11) is 0. The molecule has 26 heavy (non-hydrogen) atoms. The van der Waals surface area contributed by atoms with Gasteiger partial charge in [0.1, 0.15) is 0 Å². The summed E-state index contributed by atoms with van der Waals surface area (Å²) in [5.74, 6) is 0.408. The first-order valence-electron chi connectivity index (χ1n) is 9.63. The predicted molar refractivity (Wildman–Crippen MR) is 103 cm³/mol. The number of nitrogens with one attached hydrogen (secondary N) is 2. The minimum absolute atomic E-state index is 0.169. The van der Waals surface area contributed by atoms with Gasteiger partial charge in [-0.15, -0.1) is 0 Å². The molecule has 2 aromatic rings. The van der Waals surface area contributed by atoms with E-state index in [-0.39, 0.29) is 11.8 Å². The van der Waals surface area contributed by atoms with Crippen LogP contribution in [-0.4, -0.2) is 41.1 Å². The molecule has 0 unspecified atom stereocenters. The number of piperidine rings is 1. The molecule has 1 aromatic heterocycles. The molecule has 1 aliphatic carbocycles. The lowest BCUT2D eigenvalue weighted by molar-refractivity contribution is -0.117. The number of carbonyl (C=O) groups is 1. The van der Waals surface area contributed by atoms with Gasteiger partial charge in [0.25, 0.3) is 0 Å². The Morgan fingerprint density at radius 1 is 1.19 bits per heavy atom. The van der Waals surface area contributed by atoms with Gasteiger partial charge in [-0.25, -0.2) is 4.98 Å². The quantitative estimate of drug-likeness (QED) is 0.803. The molecular formula is C20H27N5O. The number of hydrogen-bond donors (Lipinski definition) is 2. The molecular weight excluding hydrogens is 326 g/mol. The van der Waals surface area contributed by atoms with Crippen LogP contribution in [0.25, 0.3) is 0 Å². The molecule has 0 atom stereocenters. The molecule has 2 fully saturated rings. The first kappa shape index (κ1) is 17.1. The lowest BCUT2D eigenvalue weighted by Crippen LogP contribution is -2.43.